The first-order valence-electron chi connectivity index (χ1n) is 3.84. The Morgan fingerprint density at radius 1 is 1.23 bits per heavy atom. The molecule has 13 heavy (non-hydrogen) atoms. The van der Waals surface area contributed by atoms with Gasteiger partial charge in [-0.05, 0) is 6.07 Å². The molecule has 0 saturated heterocycles. The van der Waals surface area contributed by atoms with Crippen molar-refractivity contribution in [2.45, 2.75) is 0 Å². The van der Waals surface area contributed by atoms with E-state index in [4.69, 9.17) is 18.0 Å². The predicted octanol–water partition coefficient (Wildman–Crippen LogP) is 2.82. The predicted molar refractivity (Wildman–Crippen MR) is 53.8 cm³/mol. The Bertz CT molecular complexity index is 456. The lowest BCUT2D eigenvalue weighted by Gasteiger charge is -1.88. The van der Waals surface area contributed by atoms with Crippen molar-refractivity contribution < 1.29 is 0 Å². The number of terminal acetylenes is 1. The summed E-state index contributed by atoms with van der Waals surface area (Å²) in [5, 5.41) is 0.406. The fraction of sp³-hybridized carbons (Fsp3) is 0. The van der Waals surface area contributed by atoms with Crippen molar-refractivity contribution in [3.8, 4) is 23.6 Å². The molecule has 0 radical (unpaired) electrons. The maximum atomic E-state index is 5.86. The molecule has 2 rings (SSSR count). The zero-order chi connectivity index (χ0) is 9.26. The van der Waals surface area contributed by atoms with Gasteiger partial charge in [0.05, 0.1) is 11.3 Å². The van der Waals surface area contributed by atoms with Gasteiger partial charge in [-0.25, -0.2) is 4.98 Å². The normalized spacial score (nSPS) is 9.85. The van der Waals surface area contributed by atoms with E-state index in [1.165, 1.54) is 0 Å². The van der Waals surface area contributed by atoms with Crippen molar-refractivity contribution in [3.05, 3.63) is 41.0 Å². The summed E-state index contributed by atoms with van der Waals surface area (Å²) >= 11 is 5.86. The minimum Gasteiger partial charge on any atom is -0.235 e. The third kappa shape index (κ3) is 1.26. The molecular formula is C11H6ClN. The molecule has 0 saturated carbocycles. The summed E-state index contributed by atoms with van der Waals surface area (Å²) in [6.45, 7) is 0. The van der Waals surface area contributed by atoms with Crippen LogP contribution >= 0.6 is 11.6 Å². The maximum absolute atomic E-state index is 5.86. The van der Waals surface area contributed by atoms with Crippen LogP contribution in [0.3, 0.4) is 0 Å². The van der Waals surface area contributed by atoms with E-state index in [9.17, 15) is 0 Å². The second-order valence-electron chi connectivity index (χ2n) is 2.63. The van der Waals surface area contributed by atoms with Crippen LogP contribution in [0.25, 0.3) is 11.3 Å². The van der Waals surface area contributed by atoms with Crippen molar-refractivity contribution >= 4 is 11.6 Å². The molecule has 0 aromatic rings. The Morgan fingerprint density at radius 3 is 2.77 bits per heavy atom. The topological polar surface area (TPSA) is 12.9 Å². The summed E-state index contributed by atoms with van der Waals surface area (Å²) in [5.74, 6) is 2.54. The van der Waals surface area contributed by atoms with Gasteiger partial charge in [0.2, 0.25) is 0 Å². The van der Waals surface area contributed by atoms with E-state index in [2.05, 4.69) is 10.9 Å². The molecule has 1 aliphatic carbocycles. The van der Waals surface area contributed by atoms with Gasteiger partial charge in [0, 0.05) is 5.56 Å². The number of rotatable bonds is 0. The first-order valence-corrected chi connectivity index (χ1v) is 4.21. The molecule has 0 bridgehead atoms. The number of hydrogen-bond donors (Lipinski definition) is 0. The van der Waals surface area contributed by atoms with E-state index < -0.39 is 0 Å². The summed E-state index contributed by atoms with van der Waals surface area (Å²) in [4.78, 5) is 4.15. The zero-order valence-electron chi connectivity index (χ0n) is 6.79. The van der Waals surface area contributed by atoms with E-state index in [1.54, 1.807) is 0 Å². The highest BCUT2D eigenvalue weighted by molar-refractivity contribution is 6.31. The molecule has 0 unspecified atom stereocenters. The highest BCUT2D eigenvalue weighted by Gasteiger charge is 2.12. The van der Waals surface area contributed by atoms with Gasteiger partial charge in [-0.1, -0.05) is 41.8 Å². The van der Waals surface area contributed by atoms with Crippen LogP contribution in [-0.2, 0) is 0 Å². The van der Waals surface area contributed by atoms with Crippen molar-refractivity contribution in [2.24, 2.45) is 0 Å². The quantitative estimate of drug-likeness (QED) is 0.578. The second kappa shape index (κ2) is 3.08. The summed E-state index contributed by atoms with van der Waals surface area (Å²) in [7, 11) is 0. The van der Waals surface area contributed by atoms with E-state index in [0.717, 1.165) is 11.3 Å². The Morgan fingerprint density at radius 2 is 2.00 bits per heavy atom. The monoisotopic (exact) mass is 187 g/mol. The largest absolute Gasteiger partial charge is 0.235 e. The third-order valence-electron chi connectivity index (χ3n) is 1.85. The van der Waals surface area contributed by atoms with Gasteiger partial charge in [0.25, 0.3) is 0 Å². The summed E-state index contributed by atoms with van der Waals surface area (Å²) < 4.78 is 0. The van der Waals surface area contributed by atoms with Gasteiger partial charge >= 0.3 is 0 Å². The van der Waals surface area contributed by atoms with Crippen molar-refractivity contribution in [3.63, 3.8) is 0 Å². The van der Waals surface area contributed by atoms with E-state index in [-0.39, 0.29) is 0 Å². The lowest BCUT2D eigenvalue weighted by molar-refractivity contribution is 1.41. The molecular weight excluding hydrogens is 182 g/mol. The number of fused-ring (bicyclic) bond motifs is 1. The molecule has 0 fully saturated rings. The van der Waals surface area contributed by atoms with Crippen LogP contribution in [0.2, 0.25) is 5.15 Å². The lowest BCUT2D eigenvalue weighted by Crippen LogP contribution is -1.71. The average Bonchev–Trinajstić information content (AvgIpc) is 2.32. The molecule has 62 valence electrons. The second-order valence-corrected chi connectivity index (χ2v) is 2.99. The van der Waals surface area contributed by atoms with Gasteiger partial charge in [-0.2, -0.15) is 0 Å². The van der Waals surface area contributed by atoms with Gasteiger partial charge in [-0.15, -0.1) is 6.42 Å². The minimum absolute atomic E-state index is 0.406. The van der Waals surface area contributed by atoms with Gasteiger partial charge in [-0.3, -0.25) is 0 Å². The molecule has 2 heteroatoms. The Kier molecular flexibility index (Phi) is 1.92. The van der Waals surface area contributed by atoms with E-state index in [1.807, 2.05) is 30.3 Å². The third-order valence-corrected chi connectivity index (χ3v) is 2.13. The Hall–Kier alpha value is -1.52. The van der Waals surface area contributed by atoms with Crippen LogP contribution in [0, 0.1) is 12.3 Å². The maximum Gasteiger partial charge on any atom is 0.146 e. The smallest absolute Gasteiger partial charge is 0.146 e. The summed E-state index contributed by atoms with van der Waals surface area (Å²) in [5.41, 5.74) is 2.44. The first kappa shape index (κ1) is 8.10. The molecule has 2 aliphatic rings. The molecule has 0 aromatic heterocycles. The van der Waals surface area contributed by atoms with Crippen LogP contribution in [0.15, 0.2) is 30.3 Å². The number of nitrogens with zero attached hydrogens (tertiary/aromatic N) is 1. The first-order chi connectivity index (χ1) is 6.33. The van der Waals surface area contributed by atoms with Crippen molar-refractivity contribution in [1.82, 2.24) is 4.98 Å². The molecule has 1 nitrogen and oxygen atoms in total. The highest BCUT2D eigenvalue weighted by atomic mass is 35.5. The van der Waals surface area contributed by atoms with Crippen molar-refractivity contribution in [2.75, 3.05) is 0 Å². The van der Waals surface area contributed by atoms with Gasteiger partial charge < -0.3 is 0 Å². The average molecular weight is 188 g/mol. The van der Waals surface area contributed by atoms with Gasteiger partial charge in [0.15, 0.2) is 0 Å². The molecule has 0 amide bonds. The standard InChI is InChI=1S/C11H6ClN/c1-2-8-9-6-4-3-5-7-10(9)13-11(8)12/h1,3-7H. The Labute approximate surface area is 81.7 Å². The van der Waals surface area contributed by atoms with Crippen LogP contribution < -0.4 is 0 Å². The summed E-state index contributed by atoms with van der Waals surface area (Å²) in [6.07, 6.45) is 5.33. The van der Waals surface area contributed by atoms with Gasteiger partial charge in [0.1, 0.15) is 5.15 Å². The number of hydrogen-bond acceptors (Lipinski definition) is 1. The fourth-order valence-electron chi connectivity index (χ4n) is 1.26. The molecule has 1 aliphatic heterocycles. The van der Waals surface area contributed by atoms with Crippen LogP contribution in [0.1, 0.15) is 5.56 Å². The lowest BCUT2D eigenvalue weighted by atomic mass is 10.1. The highest BCUT2D eigenvalue weighted by Crippen LogP contribution is 2.29. The fourth-order valence-corrected chi connectivity index (χ4v) is 1.50. The molecule has 1 heterocycles. The zero-order valence-corrected chi connectivity index (χ0v) is 7.55. The van der Waals surface area contributed by atoms with E-state index >= 15 is 0 Å². The number of halogens is 1. The molecule has 0 spiro atoms. The Balaban J connectivity index is 2.81. The van der Waals surface area contributed by atoms with Crippen LogP contribution in [0.4, 0.5) is 0 Å². The summed E-state index contributed by atoms with van der Waals surface area (Å²) in [6, 6.07) is 9.56. The molecule has 0 atom stereocenters. The van der Waals surface area contributed by atoms with E-state index in [0.29, 0.717) is 10.7 Å². The molecule has 0 aromatic carbocycles. The SMILES string of the molecule is C#Cc1c2cccccc-2nc1Cl. The minimum atomic E-state index is 0.406. The molecule has 0 N–H and O–H groups in total. The van der Waals surface area contributed by atoms with Crippen molar-refractivity contribution in [1.29, 1.82) is 0 Å². The number of aromatic nitrogens is 1. The van der Waals surface area contributed by atoms with Crippen LogP contribution in [0.5, 0.6) is 0 Å². The van der Waals surface area contributed by atoms with Crippen LogP contribution in [-0.4, -0.2) is 4.98 Å².